The number of nitrogens with two attached hydrogens (primary N) is 2. The van der Waals surface area contributed by atoms with Crippen LogP contribution >= 0.6 is 0 Å². The van der Waals surface area contributed by atoms with E-state index in [2.05, 4.69) is 23.2 Å². The molecule has 4 nitrogen and oxygen atoms in total. The molecular weight excluding hydrogens is 212 g/mol. The molecule has 4 N–H and O–H groups in total. The Morgan fingerprint density at radius 3 is 2.88 bits per heavy atom. The summed E-state index contributed by atoms with van der Waals surface area (Å²) >= 11 is 0. The first-order chi connectivity index (χ1) is 8.15. The topological polar surface area (TPSA) is 69.9 Å². The number of aromatic nitrogens is 2. The van der Waals surface area contributed by atoms with Crippen LogP contribution in [0, 0.1) is 5.92 Å². The van der Waals surface area contributed by atoms with Crippen LogP contribution in [-0.2, 0) is 7.05 Å². The minimum absolute atomic E-state index is 0.0983. The van der Waals surface area contributed by atoms with Crippen LogP contribution in [0.1, 0.15) is 24.4 Å². The number of aryl methyl sites for hydroxylation is 1. The van der Waals surface area contributed by atoms with E-state index >= 15 is 0 Å². The maximum Gasteiger partial charge on any atom is 0.0955 e. The van der Waals surface area contributed by atoms with Crippen molar-refractivity contribution in [2.45, 2.75) is 24.9 Å². The molecule has 1 aromatic heterocycles. The van der Waals surface area contributed by atoms with Crippen LogP contribution in [-0.4, -0.2) is 15.6 Å². The van der Waals surface area contributed by atoms with Crippen LogP contribution in [0.3, 0.4) is 0 Å². The Morgan fingerprint density at radius 2 is 2.18 bits per heavy atom. The molecule has 0 radical (unpaired) electrons. The molecule has 1 fully saturated rings. The Bertz CT molecular complexity index is 539. The van der Waals surface area contributed by atoms with Crippen molar-refractivity contribution in [2.75, 3.05) is 0 Å². The summed E-state index contributed by atoms with van der Waals surface area (Å²) in [5.41, 5.74) is 15.4. The number of nitrogens with zero attached hydrogens (tertiary/aromatic N) is 2. The molecule has 4 heteroatoms. The summed E-state index contributed by atoms with van der Waals surface area (Å²) < 4.78 is 2.02. The van der Waals surface area contributed by atoms with Gasteiger partial charge in [-0.2, -0.15) is 0 Å². The predicted molar refractivity (Wildman–Crippen MR) is 68.3 cm³/mol. The van der Waals surface area contributed by atoms with Gasteiger partial charge in [-0.15, -0.1) is 0 Å². The van der Waals surface area contributed by atoms with Crippen molar-refractivity contribution in [1.82, 2.24) is 9.55 Å². The first-order valence-corrected chi connectivity index (χ1v) is 6.07. The zero-order valence-electron chi connectivity index (χ0n) is 10.0. The van der Waals surface area contributed by atoms with Gasteiger partial charge in [-0.25, -0.2) is 4.98 Å². The van der Waals surface area contributed by atoms with E-state index in [0.717, 1.165) is 23.9 Å². The molecule has 1 aliphatic carbocycles. The summed E-state index contributed by atoms with van der Waals surface area (Å²) in [5, 5.41) is 0. The number of hydrogen-bond donors (Lipinski definition) is 2. The molecule has 0 aliphatic heterocycles. The largest absolute Gasteiger partial charge is 0.334 e. The quantitative estimate of drug-likeness (QED) is 0.817. The third-order valence-electron chi connectivity index (χ3n) is 3.85. The van der Waals surface area contributed by atoms with E-state index in [1.165, 1.54) is 5.56 Å². The molecule has 0 bridgehead atoms. The van der Waals surface area contributed by atoms with Crippen molar-refractivity contribution >= 4 is 11.0 Å². The SMILES string of the molecule is Cn1cnc2cc(C(N)C3CC(N)C3)ccc21. The smallest absolute Gasteiger partial charge is 0.0955 e. The second kappa shape index (κ2) is 3.82. The fourth-order valence-corrected chi connectivity index (χ4v) is 2.63. The molecule has 1 aliphatic rings. The molecule has 1 aromatic carbocycles. The van der Waals surface area contributed by atoms with Crippen molar-refractivity contribution in [3.8, 4) is 0 Å². The van der Waals surface area contributed by atoms with E-state index < -0.39 is 0 Å². The van der Waals surface area contributed by atoms with Crippen molar-refractivity contribution in [1.29, 1.82) is 0 Å². The Labute approximate surface area is 101 Å². The molecule has 17 heavy (non-hydrogen) atoms. The zero-order valence-corrected chi connectivity index (χ0v) is 10.0. The number of imidazole rings is 1. The Morgan fingerprint density at radius 1 is 1.41 bits per heavy atom. The van der Waals surface area contributed by atoms with E-state index in [4.69, 9.17) is 11.5 Å². The molecule has 1 atom stereocenters. The third-order valence-corrected chi connectivity index (χ3v) is 3.85. The Balaban J connectivity index is 1.90. The van der Waals surface area contributed by atoms with Crippen LogP contribution in [0.2, 0.25) is 0 Å². The van der Waals surface area contributed by atoms with Crippen LogP contribution in [0.15, 0.2) is 24.5 Å². The standard InChI is InChI=1S/C13H18N4/c1-17-7-16-11-6-8(2-3-12(11)17)13(15)9-4-10(14)5-9/h2-3,6-7,9-10,13H,4-5,14-15H2,1H3. The first kappa shape index (κ1) is 10.7. The van der Waals surface area contributed by atoms with Crippen LogP contribution in [0.5, 0.6) is 0 Å². The molecule has 3 rings (SSSR count). The molecule has 90 valence electrons. The highest BCUT2D eigenvalue weighted by molar-refractivity contribution is 5.76. The molecular formula is C13H18N4. The number of benzene rings is 1. The van der Waals surface area contributed by atoms with E-state index in [0.29, 0.717) is 12.0 Å². The Kier molecular flexibility index (Phi) is 2.42. The normalized spacial score (nSPS) is 25.8. The Hall–Kier alpha value is -1.39. The van der Waals surface area contributed by atoms with Crippen molar-refractivity contribution in [3.63, 3.8) is 0 Å². The highest BCUT2D eigenvalue weighted by atomic mass is 15.0. The minimum atomic E-state index is 0.0983. The lowest BCUT2D eigenvalue weighted by molar-refractivity contribution is 0.224. The predicted octanol–water partition coefficient (Wildman–Crippen LogP) is 1.31. The van der Waals surface area contributed by atoms with Crippen LogP contribution < -0.4 is 11.5 Å². The van der Waals surface area contributed by atoms with Gasteiger partial charge in [-0.1, -0.05) is 6.07 Å². The summed E-state index contributed by atoms with van der Waals surface area (Å²) in [4.78, 5) is 4.36. The summed E-state index contributed by atoms with van der Waals surface area (Å²) in [6.07, 6.45) is 3.92. The fraction of sp³-hybridized carbons (Fsp3) is 0.462. The summed E-state index contributed by atoms with van der Waals surface area (Å²) in [6.45, 7) is 0. The summed E-state index contributed by atoms with van der Waals surface area (Å²) in [7, 11) is 2.00. The van der Waals surface area contributed by atoms with Crippen molar-refractivity contribution in [3.05, 3.63) is 30.1 Å². The van der Waals surface area contributed by atoms with Gasteiger partial charge in [0.25, 0.3) is 0 Å². The van der Waals surface area contributed by atoms with Crippen molar-refractivity contribution < 1.29 is 0 Å². The maximum atomic E-state index is 6.27. The molecule has 0 saturated heterocycles. The highest BCUT2D eigenvalue weighted by Gasteiger charge is 2.31. The number of rotatable bonds is 2. The van der Waals surface area contributed by atoms with Gasteiger partial charge in [0.05, 0.1) is 17.4 Å². The van der Waals surface area contributed by atoms with E-state index in [1.54, 1.807) is 0 Å². The van der Waals surface area contributed by atoms with Gasteiger partial charge in [-0.05, 0) is 36.5 Å². The lowest BCUT2D eigenvalue weighted by atomic mass is 9.74. The first-order valence-electron chi connectivity index (χ1n) is 6.07. The van der Waals surface area contributed by atoms with Gasteiger partial charge in [0.15, 0.2) is 0 Å². The number of fused-ring (bicyclic) bond motifs is 1. The molecule has 0 amide bonds. The highest BCUT2D eigenvalue weighted by Crippen LogP contribution is 2.36. The average molecular weight is 230 g/mol. The number of hydrogen-bond acceptors (Lipinski definition) is 3. The molecule has 2 aromatic rings. The summed E-state index contributed by atoms with van der Waals surface area (Å²) in [6, 6.07) is 6.75. The lowest BCUT2D eigenvalue weighted by Gasteiger charge is -2.36. The molecule has 1 heterocycles. The summed E-state index contributed by atoms with van der Waals surface area (Å²) in [5.74, 6) is 0.533. The van der Waals surface area contributed by atoms with Crippen molar-refractivity contribution in [2.24, 2.45) is 24.4 Å². The fourth-order valence-electron chi connectivity index (χ4n) is 2.63. The molecule has 1 unspecified atom stereocenters. The molecule has 0 spiro atoms. The van der Waals surface area contributed by atoms with E-state index in [-0.39, 0.29) is 6.04 Å². The zero-order chi connectivity index (χ0) is 12.0. The minimum Gasteiger partial charge on any atom is -0.334 e. The van der Waals surface area contributed by atoms with Gasteiger partial charge in [0, 0.05) is 19.1 Å². The van der Waals surface area contributed by atoms with Gasteiger partial charge in [0.2, 0.25) is 0 Å². The van der Waals surface area contributed by atoms with Crippen LogP contribution in [0.4, 0.5) is 0 Å². The lowest BCUT2D eigenvalue weighted by Crippen LogP contribution is -2.41. The maximum absolute atomic E-state index is 6.27. The van der Waals surface area contributed by atoms with Gasteiger partial charge >= 0.3 is 0 Å². The second-order valence-electron chi connectivity index (χ2n) is 5.12. The molecule has 1 saturated carbocycles. The van der Waals surface area contributed by atoms with Gasteiger partial charge in [0.1, 0.15) is 0 Å². The monoisotopic (exact) mass is 230 g/mol. The van der Waals surface area contributed by atoms with Crippen LogP contribution in [0.25, 0.3) is 11.0 Å². The van der Waals surface area contributed by atoms with Gasteiger partial charge in [-0.3, -0.25) is 0 Å². The van der Waals surface area contributed by atoms with E-state index in [1.807, 2.05) is 17.9 Å². The van der Waals surface area contributed by atoms with E-state index in [9.17, 15) is 0 Å². The third kappa shape index (κ3) is 1.73. The second-order valence-corrected chi connectivity index (χ2v) is 5.12. The van der Waals surface area contributed by atoms with Gasteiger partial charge < -0.3 is 16.0 Å². The average Bonchev–Trinajstić information content (AvgIpc) is 2.66.